The van der Waals surface area contributed by atoms with Crippen LogP contribution in [0.15, 0.2) is 12.1 Å². The molecular formula is C10H17NOS. The molecule has 3 heteroatoms. The summed E-state index contributed by atoms with van der Waals surface area (Å²) in [5, 5.41) is 11.9. The van der Waals surface area contributed by atoms with Gasteiger partial charge in [-0.25, -0.2) is 0 Å². The first kappa shape index (κ1) is 10.7. The van der Waals surface area contributed by atoms with E-state index in [0.717, 1.165) is 6.42 Å². The fourth-order valence-corrected chi connectivity index (χ4v) is 2.18. The standard InChI is InChI=1S/C10H17NOS/c1-3-9-4-5-10(13-9)8(2)11-6-7-12/h4-5,8,11-12H,3,6-7H2,1-2H3. The minimum absolute atomic E-state index is 0.205. The lowest BCUT2D eigenvalue weighted by atomic mass is 10.2. The molecule has 0 fully saturated rings. The van der Waals surface area contributed by atoms with Gasteiger partial charge in [-0.15, -0.1) is 11.3 Å². The van der Waals surface area contributed by atoms with Crippen LogP contribution in [-0.4, -0.2) is 18.3 Å². The molecule has 1 aromatic heterocycles. The quantitative estimate of drug-likeness (QED) is 0.759. The zero-order chi connectivity index (χ0) is 9.68. The molecule has 1 heterocycles. The van der Waals surface area contributed by atoms with Crippen molar-refractivity contribution >= 4 is 11.3 Å². The van der Waals surface area contributed by atoms with Crippen molar-refractivity contribution in [3.8, 4) is 0 Å². The first-order valence-corrected chi connectivity index (χ1v) is 5.52. The van der Waals surface area contributed by atoms with Gasteiger partial charge >= 0.3 is 0 Å². The SMILES string of the molecule is CCc1ccc(C(C)NCCO)s1. The van der Waals surface area contributed by atoms with E-state index < -0.39 is 0 Å². The van der Waals surface area contributed by atoms with Crippen molar-refractivity contribution < 1.29 is 5.11 Å². The van der Waals surface area contributed by atoms with Gasteiger partial charge in [-0.05, 0) is 25.5 Å². The molecule has 1 aromatic rings. The van der Waals surface area contributed by atoms with Gasteiger partial charge in [-0.3, -0.25) is 0 Å². The van der Waals surface area contributed by atoms with Crippen molar-refractivity contribution in [2.75, 3.05) is 13.2 Å². The number of aliphatic hydroxyl groups is 1. The highest BCUT2D eigenvalue weighted by atomic mass is 32.1. The van der Waals surface area contributed by atoms with Crippen molar-refractivity contribution in [3.63, 3.8) is 0 Å². The molecule has 0 radical (unpaired) electrons. The topological polar surface area (TPSA) is 32.3 Å². The van der Waals surface area contributed by atoms with Gasteiger partial charge in [0.05, 0.1) is 6.61 Å². The van der Waals surface area contributed by atoms with Crippen LogP contribution in [-0.2, 0) is 6.42 Å². The van der Waals surface area contributed by atoms with Crippen molar-refractivity contribution in [2.24, 2.45) is 0 Å². The molecule has 0 amide bonds. The maximum atomic E-state index is 8.65. The van der Waals surface area contributed by atoms with Gasteiger partial charge in [-0.1, -0.05) is 6.92 Å². The first-order chi connectivity index (χ1) is 6.27. The molecule has 0 aliphatic carbocycles. The highest BCUT2D eigenvalue weighted by molar-refractivity contribution is 7.12. The van der Waals surface area contributed by atoms with Crippen LogP contribution in [0.1, 0.15) is 29.6 Å². The number of hydrogen-bond donors (Lipinski definition) is 2. The zero-order valence-electron chi connectivity index (χ0n) is 8.21. The molecule has 13 heavy (non-hydrogen) atoms. The van der Waals surface area contributed by atoms with Gasteiger partial charge in [0, 0.05) is 22.3 Å². The summed E-state index contributed by atoms with van der Waals surface area (Å²) in [6.45, 7) is 5.17. The largest absolute Gasteiger partial charge is 0.395 e. The summed E-state index contributed by atoms with van der Waals surface area (Å²) < 4.78 is 0. The first-order valence-electron chi connectivity index (χ1n) is 4.70. The average Bonchev–Trinajstić information content (AvgIpc) is 2.62. The Kier molecular flexibility index (Phi) is 4.42. The minimum atomic E-state index is 0.205. The monoisotopic (exact) mass is 199 g/mol. The van der Waals surface area contributed by atoms with E-state index in [-0.39, 0.29) is 6.61 Å². The van der Waals surface area contributed by atoms with Crippen LogP contribution >= 0.6 is 11.3 Å². The third kappa shape index (κ3) is 3.10. The number of aryl methyl sites for hydroxylation is 1. The van der Waals surface area contributed by atoms with E-state index >= 15 is 0 Å². The van der Waals surface area contributed by atoms with E-state index in [1.165, 1.54) is 9.75 Å². The summed E-state index contributed by atoms with van der Waals surface area (Å²) in [5.74, 6) is 0. The van der Waals surface area contributed by atoms with Gasteiger partial charge < -0.3 is 10.4 Å². The molecule has 0 saturated carbocycles. The highest BCUT2D eigenvalue weighted by Gasteiger charge is 2.06. The van der Waals surface area contributed by atoms with Gasteiger partial charge in [-0.2, -0.15) is 0 Å². The third-order valence-electron chi connectivity index (χ3n) is 2.02. The molecule has 1 unspecified atom stereocenters. The second-order valence-corrected chi connectivity index (χ2v) is 4.26. The molecule has 0 aromatic carbocycles. The Bertz CT molecular complexity index is 247. The minimum Gasteiger partial charge on any atom is -0.395 e. The number of nitrogens with one attached hydrogen (secondary N) is 1. The van der Waals surface area contributed by atoms with Crippen LogP contribution in [0.4, 0.5) is 0 Å². The lowest BCUT2D eigenvalue weighted by Crippen LogP contribution is -2.21. The lowest BCUT2D eigenvalue weighted by Gasteiger charge is -2.09. The molecule has 74 valence electrons. The summed E-state index contributed by atoms with van der Waals surface area (Å²) in [4.78, 5) is 2.78. The second-order valence-electron chi connectivity index (χ2n) is 3.06. The van der Waals surface area contributed by atoms with E-state index in [0.29, 0.717) is 12.6 Å². The van der Waals surface area contributed by atoms with Crippen LogP contribution in [0.5, 0.6) is 0 Å². The molecule has 2 N–H and O–H groups in total. The predicted molar refractivity (Wildman–Crippen MR) is 57.2 cm³/mol. The third-order valence-corrected chi connectivity index (χ3v) is 3.43. The molecule has 0 saturated heterocycles. The van der Waals surface area contributed by atoms with E-state index in [9.17, 15) is 0 Å². The van der Waals surface area contributed by atoms with Crippen LogP contribution in [0.3, 0.4) is 0 Å². The Morgan fingerprint density at radius 1 is 1.54 bits per heavy atom. The average molecular weight is 199 g/mol. The molecular weight excluding hydrogens is 182 g/mol. The molecule has 0 spiro atoms. The van der Waals surface area contributed by atoms with E-state index in [1.54, 1.807) is 0 Å². The number of aliphatic hydroxyl groups excluding tert-OH is 1. The van der Waals surface area contributed by atoms with E-state index in [1.807, 2.05) is 11.3 Å². The lowest BCUT2D eigenvalue weighted by molar-refractivity contribution is 0.286. The molecule has 1 rings (SSSR count). The Morgan fingerprint density at radius 2 is 2.31 bits per heavy atom. The van der Waals surface area contributed by atoms with Gasteiger partial charge in [0.1, 0.15) is 0 Å². The van der Waals surface area contributed by atoms with Gasteiger partial charge in [0.25, 0.3) is 0 Å². The Labute approximate surface area is 83.6 Å². The molecule has 0 aliphatic heterocycles. The smallest absolute Gasteiger partial charge is 0.0556 e. The van der Waals surface area contributed by atoms with Crippen molar-refractivity contribution in [1.82, 2.24) is 5.32 Å². The van der Waals surface area contributed by atoms with Crippen molar-refractivity contribution in [1.29, 1.82) is 0 Å². The van der Waals surface area contributed by atoms with Crippen molar-refractivity contribution in [3.05, 3.63) is 21.9 Å². The van der Waals surface area contributed by atoms with Crippen LogP contribution in [0, 0.1) is 0 Å². The number of thiophene rings is 1. The Hall–Kier alpha value is -0.380. The summed E-state index contributed by atoms with van der Waals surface area (Å²) >= 11 is 1.85. The van der Waals surface area contributed by atoms with Crippen LogP contribution < -0.4 is 5.32 Å². The number of hydrogen-bond acceptors (Lipinski definition) is 3. The second kappa shape index (κ2) is 5.37. The normalized spacial score (nSPS) is 13.2. The fourth-order valence-electron chi connectivity index (χ4n) is 1.20. The summed E-state index contributed by atoms with van der Waals surface area (Å²) in [7, 11) is 0. The van der Waals surface area contributed by atoms with Crippen LogP contribution in [0.2, 0.25) is 0 Å². The van der Waals surface area contributed by atoms with E-state index in [4.69, 9.17) is 5.11 Å². The van der Waals surface area contributed by atoms with E-state index in [2.05, 4.69) is 31.3 Å². The molecule has 2 nitrogen and oxygen atoms in total. The Morgan fingerprint density at radius 3 is 2.85 bits per heavy atom. The number of rotatable bonds is 5. The summed E-state index contributed by atoms with van der Waals surface area (Å²) in [5.41, 5.74) is 0. The summed E-state index contributed by atoms with van der Waals surface area (Å²) in [6, 6.07) is 4.70. The highest BCUT2D eigenvalue weighted by Crippen LogP contribution is 2.23. The maximum absolute atomic E-state index is 8.65. The molecule has 1 atom stereocenters. The fraction of sp³-hybridized carbons (Fsp3) is 0.600. The Balaban J connectivity index is 2.50. The van der Waals surface area contributed by atoms with Crippen molar-refractivity contribution in [2.45, 2.75) is 26.3 Å². The van der Waals surface area contributed by atoms with Gasteiger partial charge in [0.2, 0.25) is 0 Å². The maximum Gasteiger partial charge on any atom is 0.0556 e. The van der Waals surface area contributed by atoms with Crippen LogP contribution in [0.25, 0.3) is 0 Å². The predicted octanol–water partition coefficient (Wildman–Crippen LogP) is 1.95. The molecule has 0 bridgehead atoms. The molecule has 0 aliphatic rings. The van der Waals surface area contributed by atoms with Gasteiger partial charge in [0.15, 0.2) is 0 Å². The summed E-state index contributed by atoms with van der Waals surface area (Å²) in [6.07, 6.45) is 1.11. The zero-order valence-corrected chi connectivity index (χ0v) is 9.03.